The molecule has 1 aliphatic heterocycles. The predicted octanol–water partition coefficient (Wildman–Crippen LogP) is 4.17. The summed E-state index contributed by atoms with van der Waals surface area (Å²) in [4.78, 5) is 12.9. The Kier molecular flexibility index (Phi) is 4.88. The van der Waals surface area contributed by atoms with Crippen molar-refractivity contribution in [2.24, 2.45) is 0 Å². The number of piperidine rings is 1. The number of anilines is 1. The van der Waals surface area contributed by atoms with E-state index in [2.05, 4.69) is 46.3 Å². The highest BCUT2D eigenvalue weighted by Crippen LogP contribution is 2.36. The Labute approximate surface area is 171 Å². The second kappa shape index (κ2) is 7.82. The highest BCUT2D eigenvalue weighted by atomic mass is 16.1. The highest BCUT2D eigenvalue weighted by Gasteiger charge is 2.21. The summed E-state index contributed by atoms with van der Waals surface area (Å²) >= 11 is 0. The Morgan fingerprint density at radius 1 is 0.966 bits per heavy atom. The van der Waals surface area contributed by atoms with Crippen molar-refractivity contribution < 1.29 is 4.79 Å². The number of nitrogens with one attached hydrogen (secondary N) is 3. The van der Waals surface area contributed by atoms with Gasteiger partial charge in [-0.15, -0.1) is 0 Å². The van der Waals surface area contributed by atoms with Crippen LogP contribution >= 0.6 is 0 Å². The van der Waals surface area contributed by atoms with Crippen LogP contribution in [0.1, 0.15) is 29.5 Å². The summed E-state index contributed by atoms with van der Waals surface area (Å²) in [6.45, 7) is 3.05. The summed E-state index contributed by atoms with van der Waals surface area (Å²) < 4.78 is 0. The van der Waals surface area contributed by atoms with Crippen LogP contribution in [0.4, 0.5) is 5.69 Å². The van der Waals surface area contributed by atoms with E-state index in [9.17, 15) is 4.79 Å². The lowest BCUT2D eigenvalue weighted by Gasteiger charge is -2.23. The van der Waals surface area contributed by atoms with Gasteiger partial charge < -0.3 is 16.0 Å². The number of carbonyl (C=O) groups excluding carboxylic acids is 1. The Hall–Kier alpha value is -2.95. The summed E-state index contributed by atoms with van der Waals surface area (Å²) in [7, 11) is 0. The molecule has 1 aliphatic carbocycles. The van der Waals surface area contributed by atoms with Crippen molar-refractivity contribution >= 4 is 34.0 Å². The summed E-state index contributed by atoms with van der Waals surface area (Å²) in [5.74, 6) is -0.0609. The van der Waals surface area contributed by atoms with Crippen LogP contribution in [0.15, 0.2) is 60.7 Å². The second-order valence-corrected chi connectivity index (χ2v) is 7.87. The smallest absolute Gasteiger partial charge is 0.256 e. The van der Waals surface area contributed by atoms with Gasteiger partial charge in [0.25, 0.3) is 5.91 Å². The fourth-order valence-electron chi connectivity index (χ4n) is 4.33. The lowest BCUT2D eigenvalue weighted by Crippen LogP contribution is -2.39. The highest BCUT2D eigenvalue weighted by molar-refractivity contribution is 6.34. The average molecular weight is 383 g/mol. The van der Waals surface area contributed by atoms with E-state index in [0.29, 0.717) is 6.04 Å². The maximum absolute atomic E-state index is 12.9. The fourth-order valence-corrected chi connectivity index (χ4v) is 4.33. The van der Waals surface area contributed by atoms with Crippen molar-refractivity contribution in [1.29, 1.82) is 0 Å². The van der Waals surface area contributed by atoms with Crippen molar-refractivity contribution in [2.45, 2.75) is 25.4 Å². The van der Waals surface area contributed by atoms with E-state index in [1.807, 2.05) is 36.4 Å². The van der Waals surface area contributed by atoms with Gasteiger partial charge in [-0.1, -0.05) is 48.5 Å². The molecule has 3 aromatic carbocycles. The first-order chi connectivity index (χ1) is 14.3. The molecule has 3 N–H and O–H groups in total. The molecule has 4 heteroatoms. The second-order valence-electron chi connectivity index (χ2n) is 7.87. The molecule has 0 atom stereocenters. The molecular formula is C25H25N3O. The maximum atomic E-state index is 12.9. The number of hydrogen-bond donors (Lipinski definition) is 3. The van der Waals surface area contributed by atoms with Crippen LogP contribution in [0, 0.1) is 0 Å². The molecule has 2 aliphatic rings. The standard InChI is InChI=1S/C25H25N3O/c29-25(23-15-19-5-1-3-18-4-2-6-22(23)24(18)19)28-21-9-7-17(8-10-21)16-27-20-11-13-26-14-12-20/h1-10,15,20,26-27H,11-14,16H2,(H,28,29). The minimum Gasteiger partial charge on any atom is -0.322 e. The maximum Gasteiger partial charge on any atom is 0.256 e. The molecule has 1 heterocycles. The van der Waals surface area contributed by atoms with E-state index < -0.39 is 0 Å². The minimum absolute atomic E-state index is 0.0609. The van der Waals surface area contributed by atoms with Gasteiger partial charge in [0, 0.05) is 23.8 Å². The third-order valence-electron chi connectivity index (χ3n) is 5.92. The topological polar surface area (TPSA) is 53.2 Å². The molecule has 0 radical (unpaired) electrons. The Morgan fingerprint density at radius 2 is 1.72 bits per heavy atom. The molecule has 0 aromatic heterocycles. The molecular weight excluding hydrogens is 358 g/mol. The molecule has 1 saturated heterocycles. The molecule has 4 nitrogen and oxygen atoms in total. The molecule has 1 amide bonds. The van der Waals surface area contributed by atoms with E-state index in [-0.39, 0.29) is 5.91 Å². The number of amides is 1. The van der Waals surface area contributed by atoms with Gasteiger partial charge >= 0.3 is 0 Å². The third-order valence-corrected chi connectivity index (χ3v) is 5.92. The van der Waals surface area contributed by atoms with Crippen molar-refractivity contribution in [2.75, 3.05) is 18.4 Å². The Bertz CT molecular complexity index is 1070. The van der Waals surface area contributed by atoms with Crippen LogP contribution in [0.5, 0.6) is 0 Å². The monoisotopic (exact) mass is 383 g/mol. The van der Waals surface area contributed by atoms with Crippen LogP contribution in [0.2, 0.25) is 0 Å². The van der Waals surface area contributed by atoms with Crippen molar-refractivity contribution in [3.05, 3.63) is 77.4 Å². The van der Waals surface area contributed by atoms with Crippen LogP contribution in [-0.2, 0) is 11.3 Å². The zero-order chi connectivity index (χ0) is 19.6. The minimum atomic E-state index is -0.0609. The SMILES string of the molecule is O=C(Nc1ccc(CNC2CCNCC2)cc1)C1=Cc2cccc3cccc1c23. The van der Waals surface area contributed by atoms with Gasteiger partial charge in [-0.05, 0) is 71.6 Å². The Morgan fingerprint density at radius 3 is 2.52 bits per heavy atom. The van der Waals surface area contributed by atoms with E-state index in [1.54, 1.807) is 0 Å². The van der Waals surface area contributed by atoms with Gasteiger partial charge in [-0.3, -0.25) is 4.79 Å². The molecule has 5 rings (SSSR count). The Balaban J connectivity index is 1.25. The van der Waals surface area contributed by atoms with E-state index >= 15 is 0 Å². The number of carbonyl (C=O) groups is 1. The third kappa shape index (κ3) is 3.69. The lowest BCUT2D eigenvalue weighted by molar-refractivity contribution is -0.111. The molecule has 29 heavy (non-hydrogen) atoms. The van der Waals surface area contributed by atoms with Crippen molar-refractivity contribution in [1.82, 2.24) is 10.6 Å². The van der Waals surface area contributed by atoms with Gasteiger partial charge in [-0.2, -0.15) is 0 Å². The van der Waals surface area contributed by atoms with Gasteiger partial charge in [0.05, 0.1) is 0 Å². The first kappa shape index (κ1) is 18.1. The molecule has 0 unspecified atom stereocenters. The number of rotatable bonds is 5. The van der Waals surface area contributed by atoms with Crippen molar-refractivity contribution in [3.8, 4) is 0 Å². The molecule has 3 aromatic rings. The molecule has 146 valence electrons. The zero-order valence-electron chi connectivity index (χ0n) is 16.4. The molecule has 1 fully saturated rings. The predicted molar refractivity (Wildman–Crippen MR) is 120 cm³/mol. The number of benzene rings is 3. The van der Waals surface area contributed by atoms with Crippen molar-refractivity contribution in [3.63, 3.8) is 0 Å². The lowest BCUT2D eigenvalue weighted by atomic mass is 10.0. The zero-order valence-corrected chi connectivity index (χ0v) is 16.4. The summed E-state index contributed by atoms with van der Waals surface area (Å²) in [6.07, 6.45) is 4.35. The van der Waals surface area contributed by atoms with E-state index in [0.717, 1.165) is 42.0 Å². The summed E-state index contributed by atoms with van der Waals surface area (Å²) in [5, 5.41) is 12.4. The molecule has 0 saturated carbocycles. The van der Waals surface area contributed by atoms with Gasteiger partial charge in [0.15, 0.2) is 0 Å². The average Bonchev–Trinajstić information content (AvgIpc) is 3.15. The molecule has 0 spiro atoms. The summed E-state index contributed by atoms with van der Waals surface area (Å²) in [5.41, 5.74) is 4.91. The van der Waals surface area contributed by atoms with E-state index in [1.165, 1.54) is 29.2 Å². The summed E-state index contributed by atoms with van der Waals surface area (Å²) in [6, 6.07) is 21.1. The van der Waals surface area contributed by atoms with Crippen LogP contribution < -0.4 is 16.0 Å². The van der Waals surface area contributed by atoms with Gasteiger partial charge in [0.2, 0.25) is 0 Å². The van der Waals surface area contributed by atoms with Crippen LogP contribution in [0.25, 0.3) is 22.4 Å². The fraction of sp³-hybridized carbons (Fsp3) is 0.240. The van der Waals surface area contributed by atoms with Gasteiger partial charge in [0.1, 0.15) is 0 Å². The van der Waals surface area contributed by atoms with E-state index in [4.69, 9.17) is 0 Å². The van der Waals surface area contributed by atoms with Gasteiger partial charge in [-0.25, -0.2) is 0 Å². The first-order valence-electron chi connectivity index (χ1n) is 10.4. The normalized spacial score (nSPS) is 16.1. The van der Waals surface area contributed by atoms with Crippen LogP contribution in [0.3, 0.4) is 0 Å². The first-order valence-corrected chi connectivity index (χ1v) is 10.4. The van der Waals surface area contributed by atoms with Crippen LogP contribution in [-0.4, -0.2) is 25.0 Å². The largest absolute Gasteiger partial charge is 0.322 e. The molecule has 0 bridgehead atoms. The number of hydrogen-bond acceptors (Lipinski definition) is 3. The quantitative estimate of drug-likeness (QED) is 0.620.